The van der Waals surface area contributed by atoms with Crippen LogP contribution in [0.1, 0.15) is 25.8 Å². The molecule has 118 valence electrons. The van der Waals surface area contributed by atoms with Gasteiger partial charge in [0.05, 0.1) is 12.0 Å². The Morgan fingerprint density at radius 3 is 2.65 bits per heavy atom. The summed E-state index contributed by atoms with van der Waals surface area (Å²) in [6.07, 6.45) is 2.41. The molecule has 0 bridgehead atoms. The van der Waals surface area contributed by atoms with E-state index >= 15 is 0 Å². The van der Waals surface area contributed by atoms with Crippen LogP contribution in [0.2, 0.25) is 0 Å². The normalized spacial score (nSPS) is 30.5. The largest absolute Gasteiger partial charge is 0.338 e. The standard InChI is InChI=1S/C19H20N2O2/c1-13-15-9-10-21(12-14-7-5-4-6-8-14)18(23)19(15,2)11-16(20-3)17(13)22/h4-8,11,13,15H,9-10,12H2,1-2H3/t13-,15-,19-/m0/s1. The molecule has 3 rings (SSSR count). The van der Waals surface area contributed by atoms with Gasteiger partial charge in [-0.05, 0) is 24.8 Å². The number of nitrogens with zero attached hydrogens (tertiary/aromatic N) is 2. The number of carbonyl (C=O) groups excluding carboxylic acids is 2. The van der Waals surface area contributed by atoms with Crippen molar-refractivity contribution in [3.05, 3.63) is 59.1 Å². The highest BCUT2D eigenvalue weighted by molar-refractivity contribution is 6.02. The van der Waals surface area contributed by atoms with Gasteiger partial charge in [0.25, 0.3) is 0 Å². The van der Waals surface area contributed by atoms with Crippen LogP contribution >= 0.6 is 0 Å². The highest BCUT2D eigenvalue weighted by atomic mass is 16.2. The predicted octanol–water partition coefficient (Wildman–Crippen LogP) is 3.06. The van der Waals surface area contributed by atoms with Gasteiger partial charge >= 0.3 is 0 Å². The second kappa shape index (κ2) is 5.66. The number of ketones is 1. The number of hydrogen-bond acceptors (Lipinski definition) is 2. The van der Waals surface area contributed by atoms with Crippen LogP contribution in [0.4, 0.5) is 0 Å². The Balaban J connectivity index is 1.92. The number of fused-ring (bicyclic) bond motifs is 1. The van der Waals surface area contributed by atoms with Crippen LogP contribution in [0.3, 0.4) is 0 Å². The SMILES string of the molecule is [C-]#[N+]C1=C[C@]2(C)C(=O)N(Cc3ccccc3)CC[C@H]2[C@H](C)C1=O. The third-order valence-electron chi connectivity index (χ3n) is 5.27. The van der Waals surface area contributed by atoms with Gasteiger partial charge in [-0.3, -0.25) is 4.79 Å². The van der Waals surface area contributed by atoms with Crippen molar-refractivity contribution in [2.45, 2.75) is 26.8 Å². The molecule has 1 saturated heterocycles. The predicted molar refractivity (Wildman–Crippen MR) is 86.9 cm³/mol. The van der Waals surface area contributed by atoms with Crippen LogP contribution in [0.5, 0.6) is 0 Å². The molecule has 0 unspecified atom stereocenters. The lowest BCUT2D eigenvalue weighted by Gasteiger charge is -2.48. The van der Waals surface area contributed by atoms with E-state index in [1.165, 1.54) is 0 Å². The van der Waals surface area contributed by atoms with Crippen molar-refractivity contribution >= 4 is 11.7 Å². The van der Waals surface area contributed by atoms with Crippen molar-refractivity contribution in [3.63, 3.8) is 0 Å². The van der Waals surface area contributed by atoms with E-state index in [4.69, 9.17) is 6.57 Å². The molecule has 2 aliphatic rings. The number of rotatable bonds is 2. The van der Waals surface area contributed by atoms with Gasteiger partial charge in [0, 0.05) is 19.0 Å². The maximum atomic E-state index is 13.1. The second-order valence-electron chi connectivity index (χ2n) is 6.68. The molecule has 1 amide bonds. The van der Waals surface area contributed by atoms with Gasteiger partial charge in [-0.25, -0.2) is 4.85 Å². The second-order valence-corrected chi connectivity index (χ2v) is 6.68. The fourth-order valence-electron chi connectivity index (χ4n) is 3.95. The molecule has 0 spiro atoms. The number of likely N-dealkylation sites (tertiary alicyclic amines) is 1. The molecule has 1 aromatic carbocycles. The zero-order valence-electron chi connectivity index (χ0n) is 13.5. The summed E-state index contributed by atoms with van der Waals surface area (Å²) in [6, 6.07) is 9.90. The zero-order valence-corrected chi connectivity index (χ0v) is 13.5. The fraction of sp³-hybridized carbons (Fsp3) is 0.421. The topological polar surface area (TPSA) is 41.7 Å². The lowest BCUT2D eigenvalue weighted by Crippen LogP contribution is -2.55. The average Bonchev–Trinajstić information content (AvgIpc) is 2.56. The highest BCUT2D eigenvalue weighted by Crippen LogP contribution is 2.47. The minimum atomic E-state index is -0.750. The van der Waals surface area contributed by atoms with Crippen LogP contribution in [-0.2, 0) is 16.1 Å². The first-order valence-corrected chi connectivity index (χ1v) is 7.95. The Bertz CT molecular complexity index is 717. The van der Waals surface area contributed by atoms with E-state index in [1.807, 2.05) is 49.1 Å². The first-order valence-electron chi connectivity index (χ1n) is 7.95. The third kappa shape index (κ3) is 2.46. The Kier molecular flexibility index (Phi) is 3.81. The van der Waals surface area contributed by atoms with E-state index in [9.17, 15) is 9.59 Å². The first-order chi connectivity index (χ1) is 11.0. The van der Waals surface area contributed by atoms with E-state index in [0.717, 1.165) is 12.0 Å². The molecule has 23 heavy (non-hydrogen) atoms. The van der Waals surface area contributed by atoms with Crippen LogP contribution in [-0.4, -0.2) is 23.1 Å². The molecule has 0 radical (unpaired) electrons. The summed E-state index contributed by atoms with van der Waals surface area (Å²) in [4.78, 5) is 30.5. The molecule has 3 atom stereocenters. The summed E-state index contributed by atoms with van der Waals surface area (Å²) in [5.74, 6) is -0.373. The van der Waals surface area contributed by atoms with Crippen molar-refractivity contribution in [2.75, 3.05) is 6.54 Å². The summed E-state index contributed by atoms with van der Waals surface area (Å²) in [5, 5.41) is 0. The first kappa shape index (κ1) is 15.5. The van der Waals surface area contributed by atoms with Crippen molar-refractivity contribution in [1.82, 2.24) is 4.90 Å². The van der Waals surface area contributed by atoms with Gasteiger partial charge in [0.15, 0.2) is 5.78 Å². The minimum Gasteiger partial charge on any atom is -0.338 e. The lowest BCUT2D eigenvalue weighted by molar-refractivity contribution is -0.150. The van der Waals surface area contributed by atoms with Gasteiger partial charge in [-0.15, -0.1) is 0 Å². The monoisotopic (exact) mass is 308 g/mol. The number of piperidine rings is 1. The lowest BCUT2D eigenvalue weighted by atomic mass is 9.61. The molecule has 1 aliphatic heterocycles. The van der Waals surface area contributed by atoms with Crippen molar-refractivity contribution < 1.29 is 9.59 Å². The number of amides is 1. The summed E-state index contributed by atoms with van der Waals surface area (Å²) in [5.41, 5.74) is 0.462. The van der Waals surface area contributed by atoms with Crippen molar-refractivity contribution in [1.29, 1.82) is 0 Å². The summed E-state index contributed by atoms with van der Waals surface area (Å²) < 4.78 is 0. The summed E-state index contributed by atoms with van der Waals surface area (Å²) in [6.45, 7) is 12.2. The van der Waals surface area contributed by atoms with Crippen molar-refractivity contribution in [2.24, 2.45) is 17.3 Å². The van der Waals surface area contributed by atoms with Gasteiger partial charge in [0.1, 0.15) is 0 Å². The van der Waals surface area contributed by atoms with E-state index in [1.54, 1.807) is 6.08 Å². The molecule has 1 aromatic rings. The van der Waals surface area contributed by atoms with E-state index in [2.05, 4.69) is 4.85 Å². The number of carbonyl (C=O) groups is 2. The molecular weight excluding hydrogens is 288 g/mol. The molecule has 0 saturated carbocycles. The smallest absolute Gasteiger partial charge is 0.231 e. The van der Waals surface area contributed by atoms with Crippen molar-refractivity contribution in [3.8, 4) is 0 Å². The molecule has 1 heterocycles. The van der Waals surface area contributed by atoms with Crippen LogP contribution in [0.15, 0.2) is 42.1 Å². The number of hydrogen-bond donors (Lipinski definition) is 0. The number of allylic oxidation sites excluding steroid dienone is 1. The molecule has 0 aromatic heterocycles. The number of benzene rings is 1. The maximum absolute atomic E-state index is 13.1. The highest BCUT2D eigenvalue weighted by Gasteiger charge is 2.52. The van der Waals surface area contributed by atoms with Crippen LogP contribution < -0.4 is 0 Å². The zero-order chi connectivity index (χ0) is 16.6. The van der Waals surface area contributed by atoms with Gasteiger partial charge < -0.3 is 9.69 Å². The Hall–Kier alpha value is -2.41. The molecule has 1 aliphatic carbocycles. The quantitative estimate of drug-likeness (QED) is 0.788. The molecule has 4 heteroatoms. The molecule has 1 fully saturated rings. The molecule has 0 N–H and O–H groups in total. The average molecular weight is 308 g/mol. The summed E-state index contributed by atoms with van der Waals surface area (Å²) >= 11 is 0. The van der Waals surface area contributed by atoms with Gasteiger partial charge in [-0.2, -0.15) is 0 Å². The maximum Gasteiger partial charge on any atom is 0.231 e. The Labute approximate surface area is 136 Å². The minimum absolute atomic E-state index is 0.0139. The van der Waals surface area contributed by atoms with Gasteiger partial charge in [-0.1, -0.05) is 43.3 Å². The Morgan fingerprint density at radius 2 is 2.00 bits per heavy atom. The molecular formula is C19H20N2O2. The number of Topliss-reactive ketones (excluding diaryl/α,β-unsaturated/α-hetero) is 1. The van der Waals surface area contributed by atoms with Crippen LogP contribution in [0, 0.1) is 23.8 Å². The van der Waals surface area contributed by atoms with Gasteiger partial charge in [0.2, 0.25) is 11.6 Å². The van der Waals surface area contributed by atoms with Crippen LogP contribution in [0.25, 0.3) is 4.85 Å². The van der Waals surface area contributed by atoms with E-state index < -0.39 is 5.41 Å². The van der Waals surface area contributed by atoms with E-state index in [0.29, 0.717) is 13.1 Å². The fourth-order valence-corrected chi connectivity index (χ4v) is 3.95. The Morgan fingerprint density at radius 1 is 1.30 bits per heavy atom. The summed E-state index contributed by atoms with van der Waals surface area (Å²) in [7, 11) is 0. The molecule has 4 nitrogen and oxygen atoms in total. The van der Waals surface area contributed by atoms with E-state index in [-0.39, 0.29) is 29.2 Å². The third-order valence-corrected chi connectivity index (χ3v) is 5.27.